The lowest BCUT2D eigenvalue weighted by Gasteiger charge is -1.98. The van der Waals surface area contributed by atoms with Gasteiger partial charge in [0.15, 0.2) is 5.82 Å². The standard InChI is InChI=1S/C17H12N4O2S/c1-23-13-4-2-11(3-5-13)10-14-16(22)21-17(24-14)19-15(20-21)12-6-8-18-9-7-12/h2-10H,1H3/b14-10+. The van der Waals surface area contributed by atoms with Crippen molar-refractivity contribution in [1.29, 1.82) is 0 Å². The van der Waals surface area contributed by atoms with Gasteiger partial charge in [0, 0.05) is 18.0 Å². The highest BCUT2D eigenvalue weighted by atomic mass is 32.1. The van der Waals surface area contributed by atoms with Gasteiger partial charge >= 0.3 is 0 Å². The molecular formula is C17H12N4O2S. The maximum atomic E-state index is 12.5. The second kappa shape index (κ2) is 5.86. The third-order valence-corrected chi connectivity index (χ3v) is 4.49. The zero-order valence-electron chi connectivity index (χ0n) is 12.7. The summed E-state index contributed by atoms with van der Waals surface area (Å²) in [5.41, 5.74) is 1.59. The van der Waals surface area contributed by atoms with Crippen molar-refractivity contribution in [2.45, 2.75) is 0 Å². The molecule has 6 nitrogen and oxygen atoms in total. The molecule has 0 unspecified atom stereocenters. The Balaban J connectivity index is 1.78. The molecule has 24 heavy (non-hydrogen) atoms. The van der Waals surface area contributed by atoms with Crippen LogP contribution in [0, 0.1) is 0 Å². The molecule has 4 aromatic rings. The number of pyridine rings is 1. The zero-order valence-corrected chi connectivity index (χ0v) is 13.5. The first-order chi connectivity index (χ1) is 11.7. The van der Waals surface area contributed by atoms with Gasteiger partial charge in [0.05, 0.1) is 11.6 Å². The molecule has 0 aliphatic heterocycles. The number of ether oxygens (including phenoxy) is 1. The number of rotatable bonds is 3. The molecule has 0 aliphatic carbocycles. The molecule has 0 N–H and O–H groups in total. The highest BCUT2D eigenvalue weighted by molar-refractivity contribution is 7.15. The van der Waals surface area contributed by atoms with Crippen LogP contribution in [0.1, 0.15) is 5.56 Å². The summed E-state index contributed by atoms with van der Waals surface area (Å²) in [4.78, 5) is 21.5. The van der Waals surface area contributed by atoms with E-state index in [0.29, 0.717) is 15.3 Å². The molecule has 0 saturated carbocycles. The Bertz CT molecular complexity index is 1100. The van der Waals surface area contributed by atoms with E-state index in [1.165, 1.54) is 15.9 Å². The first-order valence-electron chi connectivity index (χ1n) is 7.20. The van der Waals surface area contributed by atoms with Crippen LogP contribution >= 0.6 is 11.3 Å². The summed E-state index contributed by atoms with van der Waals surface area (Å²) >= 11 is 1.32. The molecule has 0 atom stereocenters. The predicted molar refractivity (Wildman–Crippen MR) is 92.1 cm³/mol. The highest BCUT2D eigenvalue weighted by Crippen LogP contribution is 2.15. The number of benzene rings is 1. The van der Waals surface area contributed by atoms with Crippen LogP contribution in [0.15, 0.2) is 53.6 Å². The van der Waals surface area contributed by atoms with E-state index in [9.17, 15) is 4.79 Å². The summed E-state index contributed by atoms with van der Waals surface area (Å²) in [7, 11) is 1.62. The van der Waals surface area contributed by atoms with Crippen LogP contribution in [0.4, 0.5) is 0 Å². The molecule has 4 rings (SSSR count). The minimum atomic E-state index is -0.168. The summed E-state index contributed by atoms with van der Waals surface area (Å²) < 4.78 is 7.07. The van der Waals surface area contributed by atoms with E-state index >= 15 is 0 Å². The molecule has 0 spiro atoms. The monoisotopic (exact) mass is 336 g/mol. The number of thiazole rings is 1. The van der Waals surface area contributed by atoms with Gasteiger partial charge in [-0.3, -0.25) is 9.78 Å². The molecule has 0 amide bonds. The highest BCUT2D eigenvalue weighted by Gasteiger charge is 2.11. The number of hydrogen-bond donors (Lipinski definition) is 0. The molecule has 7 heteroatoms. The molecule has 3 heterocycles. The summed E-state index contributed by atoms with van der Waals surface area (Å²) in [5, 5.41) is 4.31. The molecular weight excluding hydrogens is 324 g/mol. The maximum Gasteiger partial charge on any atom is 0.291 e. The Morgan fingerprint density at radius 3 is 2.54 bits per heavy atom. The lowest BCUT2D eigenvalue weighted by Crippen LogP contribution is -2.23. The quantitative estimate of drug-likeness (QED) is 0.570. The normalized spacial score (nSPS) is 12.0. The average Bonchev–Trinajstić information content (AvgIpc) is 3.17. The minimum Gasteiger partial charge on any atom is -0.497 e. The van der Waals surface area contributed by atoms with E-state index in [1.54, 1.807) is 19.5 Å². The number of fused-ring (bicyclic) bond motifs is 1. The van der Waals surface area contributed by atoms with Crippen LogP contribution in [0.3, 0.4) is 0 Å². The Morgan fingerprint density at radius 2 is 1.88 bits per heavy atom. The predicted octanol–water partition coefficient (Wildman–Crippen LogP) is 1.77. The minimum absolute atomic E-state index is 0.168. The lowest BCUT2D eigenvalue weighted by atomic mass is 10.2. The van der Waals surface area contributed by atoms with Gasteiger partial charge in [-0.25, -0.2) is 0 Å². The smallest absolute Gasteiger partial charge is 0.291 e. The van der Waals surface area contributed by atoms with Crippen LogP contribution in [-0.2, 0) is 0 Å². The first-order valence-corrected chi connectivity index (χ1v) is 8.02. The fourth-order valence-electron chi connectivity index (χ4n) is 2.31. The fraction of sp³-hybridized carbons (Fsp3) is 0.0588. The van der Waals surface area contributed by atoms with Crippen molar-refractivity contribution in [2.24, 2.45) is 0 Å². The molecule has 0 bridgehead atoms. The van der Waals surface area contributed by atoms with Crippen LogP contribution in [0.5, 0.6) is 5.75 Å². The van der Waals surface area contributed by atoms with Gasteiger partial charge in [-0.05, 0) is 35.9 Å². The van der Waals surface area contributed by atoms with Crippen LogP contribution in [-0.4, -0.2) is 26.7 Å². The topological polar surface area (TPSA) is 69.4 Å². The second-order valence-corrected chi connectivity index (χ2v) is 6.06. The van der Waals surface area contributed by atoms with Crippen molar-refractivity contribution < 1.29 is 4.74 Å². The molecule has 0 fully saturated rings. The number of nitrogens with zero attached hydrogens (tertiary/aromatic N) is 4. The number of aromatic nitrogens is 4. The Morgan fingerprint density at radius 1 is 1.12 bits per heavy atom. The molecule has 118 valence electrons. The van der Waals surface area contributed by atoms with Gasteiger partial charge in [-0.2, -0.15) is 9.50 Å². The third-order valence-electron chi connectivity index (χ3n) is 3.53. The second-order valence-electron chi connectivity index (χ2n) is 5.05. The Kier molecular flexibility index (Phi) is 3.55. The van der Waals surface area contributed by atoms with Gasteiger partial charge in [0.25, 0.3) is 5.56 Å². The average molecular weight is 336 g/mol. The lowest BCUT2D eigenvalue weighted by molar-refractivity contribution is 0.415. The van der Waals surface area contributed by atoms with Crippen LogP contribution in [0.25, 0.3) is 22.4 Å². The zero-order chi connectivity index (χ0) is 16.5. The number of hydrogen-bond acceptors (Lipinski definition) is 6. The number of methoxy groups -OCH3 is 1. The van der Waals surface area contributed by atoms with E-state index in [2.05, 4.69) is 15.1 Å². The van der Waals surface area contributed by atoms with Crippen molar-refractivity contribution in [3.8, 4) is 17.1 Å². The van der Waals surface area contributed by atoms with E-state index in [4.69, 9.17) is 4.74 Å². The van der Waals surface area contributed by atoms with Crippen molar-refractivity contribution in [1.82, 2.24) is 19.6 Å². The molecule has 3 aromatic heterocycles. The van der Waals surface area contributed by atoms with Crippen molar-refractivity contribution in [3.05, 3.63) is 69.2 Å². The van der Waals surface area contributed by atoms with Gasteiger partial charge in [0.1, 0.15) is 5.75 Å². The summed E-state index contributed by atoms with van der Waals surface area (Å²) in [6.07, 6.45) is 5.17. The maximum absolute atomic E-state index is 12.5. The largest absolute Gasteiger partial charge is 0.497 e. The Hall–Kier alpha value is -3.06. The first kappa shape index (κ1) is 14.5. The summed E-state index contributed by atoms with van der Waals surface area (Å²) in [6, 6.07) is 11.1. The van der Waals surface area contributed by atoms with E-state index in [1.807, 2.05) is 42.5 Å². The summed E-state index contributed by atoms with van der Waals surface area (Å²) in [6.45, 7) is 0. The molecule has 0 saturated heterocycles. The molecule has 0 radical (unpaired) electrons. The van der Waals surface area contributed by atoms with Gasteiger partial charge in [-0.15, -0.1) is 5.10 Å². The Labute approximate surface area is 140 Å². The van der Waals surface area contributed by atoms with Crippen LogP contribution < -0.4 is 14.8 Å². The van der Waals surface area contributed by atoms with Crippen LogP contribution in [0.2, 0.25) is 0 Å². The summed E-state index contributed by atoms with van der Waals surface area (Å²) in [5.74, 6) is 1.30. The molecule has 0 aliphatic rings. The van der Waals surface area contributed by atoms with E-state index in [-0.39, 0.29) is 5.56 Å². The van der Waals surface area contributed by atoms with Gasteiger partial charge < -0.3 is 4.74 Å². The fourth-order valence-corrected chi connectivity index (χ4v) is 3.22. The SMILES string of the molecule is COc1ccc(/C=c2/sc3nc(-c4ccncc4)nn3c2=O)cc1. The van der Waals surface area contributed by atoms with E-state index < -0.39 is 0 Å². The van der Waals surface area contributed by atoms with Gasteiger partial charge in [-0.1, -0.05) is 23.5 Å². The molecule has 1 aromatic carbocycles. The van der Waals surface area contributed by atoms with Gasteiger partial charge in [0.2, 0.25) is 4.96 Å². The van der Waals surface area contributed by atoms with E-state index in [0.717, 1.165) is 16.9 Å². The van der Waals surface area contributed by atoms with Crippen molar-refractivity contribution >= 4 is 22.4 Å². The van der Waals surface area contributed by atoms with Crippen molar-refractivity contribution in [3.63, 3.8) is 0 Å². The van der Waals surface area contributed by atoms with Crippen molar-refractivity contribution in [2.75, 3.05) is 7.11 Å². The third kappa shape index (κ3) is 2.55.